The van der Waals surface area contributed by atoms with Crippen LogP contribution in [0.5, 0.6) is 0 Å². The molecule has 88 valence electrons. The lowest BCUT2D eigenvalue weighted by atomic mass is 10.1. The van der Waals surface area contributed by atoms with Gasteiger partial charge in [-0.1, -0.05) is 18.7 Å². The Morgan fingerprint density at radius 2 is 2.44 bits per heavy atom. The molecule has 0 unspecified atom stereocenters. The zero-order valence-corrected chi connectivity index (χ0v) is 10.7. The number of rotatable bonds is 3. The van der Waals surface area contributed by atoms with Gasteiger partial charge in [-0.15, -0.1) is 0 Å². The van der Waals surface area contributed by atoms with Gasteiger partial charge in [-0.05, 0) is 13.8 Å². The summed E-state index contributed by atoms with van der Waals surface area (Å²) in [6.07, 6.45) is 2.65. The monoisotopic (exact) mass is 239 g/mol. The number of hydrogen-bond donors (Lipinski definition) is 1. The Hall–Kier alpha value is -0.970. The average molecular weight is 239 g/mol. The third-order valence-electron chi connectivity index (χ3n) is 2.32. The van der Waals surface area contributed by atoms with E-state index in [0.717, 1.165) is 23.1 Å². The molecule has 1 aliphatic rings. The van der Waals surface area contributed by atoms with E-state index in [1.54, 1.807) is 18.0 Å². The van der Waals surface area contributed by atoms with Gasteiger partial charge < -0.3 is 9.73 Å². The zero-order chi connectivity index (χ0) is 11.6. The van der Waals surface area contributed by atoms with Crippen LogP contribution in [-0.2, 0) is 13.0 Å². The number of oxazole rings is 1. The number of amidine groups is 1. The highest BCUT2D eigenvalue weighted by Gasteiger charge is 2.27. The van der Waals surface area contributed by atoms with Crippen molar-refractivity contribution in [2.45, 2.75) is 39.3 Å². The maximum absolute atomic E-state index is 5.49. The first-order valence-corrected chi connectivity index (χ1v) is 6.46. The molecular weight excluding hydrogens is 222 g/mol. The maximum atomic E-state index is 5.49. The van der Waals surface area contributed by atoms with Crippen molar-refractivity contribution in [3.8, 4) is 0 Å². The molecule has 2 rings (SSSR count). The summed E-state index contributed by atoms with van der Waals surface area (Å²) in [6, 6.07) is 0. The van der Waals surface area contributed by atoms with E-state index in [1.165, 1.54) is 0 Å². The number of nitrogens with one attached hydrogen (secondary N) is 1. The first-order chi connectivity index (χ1) is 7.59. The molecule has 0 aromatic carbocycles. The normalized spacial score (nSPS) is 21.3. The second kappa shape index (κ2) is 4.49. The Balaban J connectivity index is 1.94. The molecule has 1 N–H and O–H groups in total. The number of hydrogen-bond acceptors (Lipinski definition) is 4. The van der Waals surface area contributed by atoms with Crippen molar-refractivity contribution in [1.29, 1.82) is 0 Å². The van der Waals surface area contributed by atoms with E-state index in [1.807, 2.05) is 6.92 Å². The summed E-state index contributed by atoms with van der Waals surface area (Å²) in [4.78, 5) is 8.62. The molecule has 0 amide bonds. The fraction of sp³-hybridized carbons (Fsp3) is 0.636. The van der Waals surface area contributed by atoms with E-state index in [9.17, 15) is 0 Å². The van der Waals surface area contributed by atoms with E-state index in [2.05, 4.69) is 29.1 Å². The molecule has 0 spiro atoms. The Bertz CT molecular complexity index is 398. The molecule has 1 fully saturated rings. The first-order valence-electron chi connectivity index (χ1n) is 5.48. The molecule has 1 saturated heterocycles. The summed E-state index contributed by atoms with van der Waals surface area (Å²) in [5.74, 6) is 2.66. The maximum Gasteiger partial charge on any atom is 0.216 e. The summed E-state index contributed by atoms with van der Waals surface area (Å²) < 4.78 is 5.49. The second-order valence-electron chi connectivity index (χ2n) is 4.49. The highest BCUT2D eigenvalue weighted by Crippen LogP contribution is 2.22. The number of nitrogens with zero attached hydrogens (tertiary/aromatic N) is 2. The molecule has 5 heteroatoms. The Morgan fingerprint density at radius 1 is 1.62 bits per heavy atom. The zero-order valence-electron chi connectivity index (χ0n) is 9.91. The number of thioether (sulfide) groups is 1. The number of aliphatic imine (C=N–C) groups is 1. The van der Waals surface area contributed by atoms with Crippen molar-refractivity contribution in [1.82, 2.24) is 10.3 Å². The van der Waals surface area contributed by atoms with Gasteiger partial charge in [-0.25, -0.2) is 4.98 Å². The Morgan fingerprint density at radius 3 is 3.00 bits per heavy atom. The summed E-state index contributed by atoms with van der Waals surface area (Å²) in [5.41, 5.74) is 0.147. The minimum atomic E-state index is 0.147. The van der Waals surface area contributed by atoms with Gasteiger partial charge >= 0.3 is 0 Å². The van der Waals surface area contributed by atoms with Gasteiger partial charge in [0.15, 0.2) is 5.17 Å². The van der Waals surface area contributed by atoms with Gasteiger partial charge in [0.1, 0.15) is 12.3 Å². The lowest BCUT2D eigenvalue weighted by Crippen LogP contribution is -2.36. The molecule has 2 heterocycles. The molecule has 16 heavy (non-hydrogen) atoms. The van der Waals surface area contributed by atoms with Gasteiger partial charge in [-0.3, -0.25) is 4.99 Å². The average Bonchev–Trinajstić information content (AvgIpc) is 2.81. The third-order valence-corrected chi connectivity index (χ3v) is 3.69. The van der Waals surface area contributed by atoms with Gasteiger partial charge in [0.05, 0.1) is 6.20 Å². The van der Waals surface area contributed by atoms with Crippen LogP contribution >= 0.6 is 11.8 Å². The third kappa shape index (κ3) is 2.78. The van der Waals surface area contributed by atoms with Crippen molar-refractivity contribution in [3.63, 3.8) is 0 Å². The van der Waals surface area contributed by atoms with Crippen LogP contribution in [0.25, 0.3) is 0 Å². The molecule has 0 radical (unpaired) electrons. The van der Waals surface area contributed by atoms with Crippen LogP contribution in [-0.4, -0.2) is 21.4 Å². The predicted molar refractivity (Wildman–Crippen MR) is 66.7 cm³/mol. The minimum Gasteiger partial charge on any atom is -0.444 e. The molecule has 0 aliphatic carbocycles. The number of aromatic nitrogens is 1. The van der Waals surface area contributed by atoms with Gasteiger partial charge in [-0.2, -0.15) is 0 Å². The van der Waals surface area contributed by atoms with Gasteiger partial charge in [0, 0.05) is 17.7 Å². The van der Waals surface area contributed by atoms with Crippen LogP contribution in [0.15, 0.2) is 15.6 Å². The van der Waals surface area contributed by atoms with Gasteiger partial charge in [0.2, 0.25) is 5.89 Å². The smallest absolute Gasteiger partial charge is 0.216 e. The van der Waals surface area contributed by atoms with Crippen molar-refractivity contribution < 1.29 is 4.42 Å². The van der Waals surface area contributed by atoms with Crippen LogP contribution in [0.1, 0.15) is 32.4 Å². The molecule has 0 saturated carbocycles. The largest absolute Gasteiger partial charge is 0.444 e. The molecule has 1 aromatic heterocycles. The molecule has 1 aromatic rings. The van der Waals surface area contributed by atoms with E-state index >= 15 is 0 Å². The SMILES string of the molecule is CCc1cnc(CN=C2NC(C)(C)CS2)o1. The van der Waals surface area contributed by atoms with E-state index in [-0.39, 0.29) is 5.54 Å². The Kier molecular flexibility index (Phi) is 3.23. The lowest BCUT2D eigenvalue weighted by molar-refractivity contribution is 0.460. The fourth-order valence-corrected chi connectivity index (χ4v) is 2.49. The molecule has 0 bridgehead atoms. The fourth-order valence-electron chi connectivity index (χ4n) is 1.42. The molecule has 4 nitrogen and oxygen atoms in total. The molecular formula is C11H17N3OS. The van der Waals surface area contributed by atoms with Crippen LogP contribution in [0.3, 0.4) is 0 Å². The van der Waals surface area contributed by atoms with Crippen molar-refractivity contribution in [2.24, 2.45) is 4.99 Å². The molecule has 0 atom stereocenters. The predicted octanol–water partition coefficient (Wildman–Crippen LogP) is 2.21. The summed E-state index contributed by atoms with van der Waals surface area (Å²) in [5, 5.41) is 4.35. The van der Waals surface area contributed by atoms with Crippen molar-refractivity contribution in [2.75, 3.05) is 5.75 Å². The second-order valence-corrected chi connectivity index (χ2v) is 5.46. The topological polar surface area (TPSA) is 50.4 Å². The highest BCUT2D eigenvalue weighted by molar-refractivity contribution is 8.14. The van der Waals surface area contributed by atoms with Gasteiger partial charge in [0.25, 0.3) is 0 Å². The highest BCUT2D eigenvalue weighted by atomic mass is 32.2. The minimum absolute atomic E-state index is 0.147. The quantitative estimate of drug-likeness (QED) is 0.878. The lowest BCUT2D eigenvalue weighted by Gasteiger charge is -2.15. The van der Waals surface area contributed by atoms with Crippen LogP contribution in [0.2, 0.25) is 0 Å². The van der Waals surface area contributed by atoms with Crippen LogP contribution in [0, 0.1) is 0 Å². The van der Waals surface area contributed by atoms with Crippen LogP contribution in [0.4, 0.5) is 0 Å². The summed E-state index contributed by atoms with van der Waals surface area (Å²) >= 11 is 1.75. The standard InChI is InChI=1S/C11H17N3OS/c1-4-8-5-12-9(15-8)6-13-10-14-11(2,3)7-16-10/h5H,4,6-7H2,1-3H3,(H,13,14). The van der Waals surface area contributed by atoms with Crippen molar-refractivity contribution >= 4 is 16.9 Å². The van der Waals surface area contributed by atoms with Crippen molar-refractivity contribution in [3.05, 3.63) is 17.8 Å². The number of aryl methyl sites for hydroxylation is 1. The Labute approximate surface area is 99.9 Å². The van der Waals surface area contributed by atoms with Crippen LogP contribution < -0.4 is 5.32 Å². The van der Waals surface area contributed by atoms with E-state index < -0.39 is 0 Å². The van der Waals surface area contributed by atoms with E-state index in [0.29, 0.717) is 12.4 Å². The summed E-state index contributed by atoms with van der Waals surface area (Å²) in [6.45, 7) is 6.91. The first kappa shape index (κ1) is 11.5. The van der Waals surface area contributed by atoms with E-state index in [4.69, 9.17) is 4.42 Å². The molecule has 1 aliphatic heterocycles. The summed E-state index contributed by atoms with van der Waals surface area (Å²) in [7, 11) is 0.